The van der Waals surface area contributed by atoms with Crippen molar-refractivity contribution in [2.45, 2.75) is 15.8 Å². The van der Waals surface area contributed by atoms with Gasteiger partial charge in [0.15, 0.2) is 0 Å². The van der Waals surface area contributed by atoms with Crippen molar-refractivity contribution in [2.75, 3.05) is 26.2 Å². The van der Waals surface area contributed by atoms with Gasteiger partial charge in [0.05, 0.1) is 17.7 Å². The summed E-state index contributed by atoms with van der Waals surface area (Å²) < 4.78 is 1.02. The first-order valence-electron chi connectivity index (χ1n) is 8.60. The second-order valence-corrected chi connectivity index (χ2v) is 8.47. The van der Waals surface area contributed by atoms with Gasteiger partial charge in [0.25, 0.3) is 0 Å². The molecular weight excluding hydrogens is 448 g/mol. The van der Waals surface area contributed by atoms with Crippen LogP contribution in [0.3, 0.4) is 0 Å². The number of nitrogens with zero attached hydrogens (tertiary/aromatic N) is 1. The molecule has 0 bridgehead atoms. The molecule has 0 saturated carbocycles. The maximum Gasteiger partial charge on any atom is 0.246 e. The van der Waals surface area contributed by atoms with E-state index in [-0.39, 0.29) is 18.6 Å². The Kier molecular flexibility index (Phi) is 7.38. The van der Waals surface area contributed by atoms with E-state index in [9.17, 15) is 9.90 Å². The summed E-state index contributed by atoms with van der Waals surface area (Å²) in [7, 11) is 0. The van der Waals surface area contributed by atoms with Crippen LogP contribution in [-0.2, 0) is 4.79 Å². The minimum Gasteiger partial charge on any atom is -0.394 e. The zero-order valence-corrected chi connectivity index (χ0v) is 17.7. The third-order valence-electron chi connectivity index (χ3n) is 4.27. The molecule has 1 unspecified atom stereocenters. The van der Waals surface area contributed by atoms with Gasteiger partial charge in [-0.1, -0.05) is 41.6 Å². The minimum absolute atomic E-state index is 0.0423. The molecule has 1 atom stereocenters. The average Bonchev–Trinajstić information content (AvgIpc) is 2.69. The molecule has 1 saturated heterocycles. The van der Waals surface area contributed by atoms with Crippen molar-refractivity contribution in [2.24, 2.45) is 0 Å². The number of rotatable bonds is 5. The first kappa shape index (κ1) is 20.4. The zero-order valence-electron chi connectivity index (χ0n) is 14.6. The molecule has 0 aromatic heterocycles. The number of aliphatic hydroxyl groups is 1. The Balaban J connectivity index is 1.69. The summed E-state index contributed by atoms with van der Waals surface area (Å²) in [5, 5.41) is 13.2. The average molecular weight is 468 g/mol. The third-order valence-corrected chi connectivity index (χ3v) is 6.81. The number of nitrogens with one attached hydrogen (secondary N) is 1. The standard InChI is InChI=1S/C20H20BrClN2O2S/c21-16-3-1-2-4-18(16)27-19-7-5-14(11-17(19)22)6-8-20(26)24-10-9-23-12-15(24)13-25/h1-8,11,15,23,25H,9-10,12-13H2/b8-6+. The predicted molar refractivity (Wildman–Crippen MR) is 114 cm³/mol. The van der Waals surface area contributed by atoms with Gasteiger partial charge in [-0.2, -0.15) is 0 Å². The first-order chi connectivity index (χ1) is 13.1. The fraction of sp³-hybridized carbons (Fsp3) is 0.250. The molecular formula is C20H20BrClN2O2S. The van der Waals surface area contributed by atoms with Gasteiger partial charge >= 0.3 is 0 Å². The number of benzene rings is 2. The molecule has 7 heteroatoms. The molecule has 142 valence electrons. The molecule has 1 aliphatic heterocycles. The van der Waals surface area contributed by atoms with Crippen molar-refractivity contribution in [1.29, 1.82) is 0 Å². The Labute approximate surface area is 176 Å². The largest absolute Gasteiger partial charge is 0.394 e. The van der Waals surface area contributed by atoms with Gasteiger partial charge in [-0.05, 0) is 51.8 Å². The topological polar surface area (TPSA) is 52.6 Å². The molecule has 3 rings (SSSR count). The van der Waals surface area contributed by atoms with Crippen molar-refractivity contribution < 1.29 is 9.90 Å². The Morgan fingerprint density at radius 3 is 2.89 bits per heavy atom. The highest BCUT2D eigenvalue weighted by atomic mass is 79.9. The number of aliphatic hydroxyl groups excluding tert-OH is 1. The minimum atomic E-state index is -0.178. The highest BCUT2D eigenvalue weighted by Gasteiger charge is 2.24. The van der Waals surface area contributed by atoms with Gasteiger partial charge in [-0.25, -0.2) is 0 Å². The molecule has 27 heavy (non-hydrogen) atoms. The lowest BCUT2D eigenvalue weighted by molar-refractivity contribution is -0.129. The number of piperazine rings is 1. The van der Waals surface area contributed by atoms with Gasteiger partial charge < -0.3 is 15.3 Å². The summed E-state index contributed by atoms with van der Waals surface area (Å²) in [6.07, 6.45) is 3.30. The quantitative estimate of drug-likeness (QED) is 0.651. The van der Waals surface area contributed by atoms with Crippen LogP contribution in [0.4, 0.5) is 0 Å². The lowest BCUT2D eigenvalue weighted by atomic mass is 10.1. The predicted octanol–water partition coefficient (Wildman–Crippen LogP) is 4.06. The maximum atomic E-state index is 12.4. The van der Waals surface area contributed by atoms with Gasteiger partial charge in [-0.3, -0.25) is 4.79 Å². The van der Waals surface area contributed by atoms with E-state index in [1.807, 2.05) is 42.5 Å². The molecule has 2 aromatic rings. The zero-order chi connectivity index (χ0) is 19.2. The molecule has 1 heterocycles. The Bertz CT molecular complexity index is 846. The van der Waals surface area contributed by atoms with Crippen molar-refractivity contribution in [3.63, 3.8) is 0 Å². The number of hydrogen-bond acceptors (Lipinski definition) is 4. The SMILES string of the molecule is O=C(/C=C/c1ccc(Sc2ccccc2Br)c(Cl)c1)N1CCNCC1CO. The van der Waals surface area contributed by atoms with E-state index in [1.165, 1.54) is 0 Å². The first-order valence-corrected chi connectivity index (χ1v) is 10.6. The summed E-state index contributed by atoms with van der Waals surface area (Å²) in [4.78, 5) is 16.2. The molecule has 1 fully saturated rings. The van der Waals surface area contributed by atoms with Crippen molar-refractivity contribution in [3.05, 3.63) is 63.6 Å². The van der Waals surface area contributed by atoms with E-state index in [2.05, 4.69) is 21.2 Å². The van der Waals surface area contributed by atoms with Crippen molar-refractivity contribution in [3.8, 4) is 0 Å². The van der Waals surface area contributed by atoms with E-state index in [0.717, 1.165) is 26.4 Å². The summed E-state index contributed by atoms with van der Waals surface area (Å²) in [6.45, 7) is 1.90. The van der Waals surface area contributed by atoms with Crippen LogP contribution >= 0.6 is 39.3 Å². The van der Waals surface area contributed by atoms with E-state index in [0.29, 0.717) is 18.1 Å². The van der Waals surface area contributed by atoms with E-state index < -0.39 is 0 Å². The van der Waals surface area contributed by atoms with Gasteiger partial charge in [0, 0.05) is 40.0 Å². The summed E-state index contributed by atoms with van der Waals surface area (Å²) >= 11 is 11.6. The van der Waals surface area contributed by atoms with Crippen LogP contribution in [0.2, 0.25) is 5.02 Å². The number of halogens is 2. The molecule has 4 nitrogen and oxygen atoms in total. The highest BCUT2D eigenvalue weighted by Crippen LogP contribution is 2.37. The monoisotopic (exact) mass is 466 g/mol. The smallest absolute Gasteiger partial charge is 0.246 e. The Morgan fingerprint density at radius 1 is 1.33 bits per heavy atom. The molecule has 2 N–H and O–H groups in total. The van der Waals surface area contributed by atoms with Crippen LogP contribution in [0.5, 0.6) is 0 Å². The number of carbonyl (C=O) groups excluding carboxylic acids is 1. The maximum absolute atomic E-state index is 12.4. The Morgan fingerprint density at radius 2 is 2.15 bits per heavy atom. The summed E-state index contributed by atoms with van der Waals surface area (Å²) in [5.41, 5.74) is 0.862. The highest BCUT2D eigenvalue weighted by molar-refractivity contribution is 9.10. The fourth-order valence-electron chi connectivity index (χ4n) is 2.83. The molecule has 0 aliphatic carbocycles. The van der Waals surface area contributed by atoms with E-state index >= 15 is 0 Å². The number of hydrogen-bond donors (Lipinski definition) is 2. The lowest BCUT2D eigenvalue weighted by Gasteiger charge is -2.34. The van der Waals surface area contributed by atoms with Crippen LogP contribution in [0, 0.1) is 0 Å². The Hall–Kier alpha value is -1.31. The molecule has 1 amide bonds. The second-order valence-electron chi connectivity index (χ2n) is 6.13. The van der Waals surface area contributed by atoms with Gasteiger partial charge in [0.2, 0.25) is 5.91 Å². The van der Waals surface area contributed by atoms with Crippen LogP contribution in [0.25, 0.3) is 6.08 Å². The second kappa shape index (κ2) is 9.75. The van der Waals surface area contributed by atoms with Crippen molar-refractivity contribution >= 4 is 51.3 Å². The van der Waals surface area contributed by atoms with E-state index in [4.69, 9.17) is 11.6 Å². The van der Waals surface area contributed by atoms with E-state index in [1.54, 1.807) is 28.8 Å². The molecule has 0 spiro atoms. The third kappa shape index (κ3) is 5.36. The van der Waals surface area contributed by atoms with Crippen LogP contribution in [0.15, 0.2) is 62.8 Å². The number of carbonyl (C=O) groups is 1. The summed E-state index contributed by atoms with van der Waals surface area (Å²) in [6, 6.07) is 13.6. The van der Waals surface area contributed by atoms with Crippen LogP contribution in [0.1, 0.15) is 5.56 Å². The van der Waals surface area contributed by atoms with Gasteiger partial charge in [-0.15, -0.1) is 0 Å². The normalized spacial score (nSPS) is 17.4. The molecule has 1 aliphatic rings. The van der Waals surface area contributed by atoms with Gasteiger partial charge in [0.1, 0.15) is 0 Å². The van der Waals surface area contributed by atoms with Crippen molar-refractivity contribution in [1.82, 2.24) is 10.2 Å². The molecule has 2 aromatic carbocycles. The summed E-state index contributed by atoms with van der Waals surface area (Å²) in [5.74, 6) is -0.0988. The number of amides is 1. The fourth-order valence-corrected chi connectivity index (χ4v) is 4.50. The van der Waals surface area contributed by atoms with Crippen LogP contribution in [-0.4, -0.2) is 48.2 Å². The molecule has 0 radical (unpaired) electrons. The van der Waals surface area contributed by atoms with Crippen LogP contribution < -0.4 is 5.32 Å². The lowest BCUT2D eigenvalue weighted by Crippen LogP contribution is -2.54.